The quantitative estimate of drug-likeness (QED) is 0.454. The van der Waals surface area contributed by atoms with Gasteiger partial charge in [0.2, 0.25) is 10.3 Å². The van der Waals surface area contributed by atoms with Gasteiger partial charge in [0.05, 0.1) is 5.69 Å². The van der Waals surface area contributed by atoms with Gasteiger partial charge < -0.3 is 14.8 Å². The molecule has 2 N–H and O–H groups in total. The van der Waals surface area contributed by atoms with Crippen LogP contribution in [0.5, 0.6) is 5.75 Å². The lowest BCUT2D eigenvalue weighted by molar-refractivity contribution is -0.126. The Hall–Kier alpha value is -3.25. The van der Waals surface area contributed by atoms with E-state index in [2.05, 4.69) is 35.8 Å². The van der Waals surface area contributed by atoms with Crippen molar-refractivity contribution in [2.24, 2.45) is 0 Å². The molecular weight excluding hydrogens is 466 g/mol. The maximum atomic E-state index is 12.7. The zero-order valence-corrected chi connectivity index (χ0v) is 19.2. The molecule has 0 unspecified atom stereocenters. The SMILES string of the molecule is CO[C@H](C(=O)Nc1nnc(N[C@H]2CC[C@H](c3cccnn3)CC2)s1)c1cccc(OC(F)F)c1. The normalized spacial score (nSPS) is 18.9. The number of benzene rings is 1. The van der Waals surface area contributed by atoms with E-state index in [9.17, 15) is 13.6 Å². The van der Waals surface area contributed by atoms with Gasteiger partial charge in [-0.3, -0.25) is 10.1 Å². The minimum Gasteiger partial charge on any atom is -0.435 e. The highest BCUT2D eigenvalue weighted by Crippen LogP contribution is 2.34. The minimum atomic E-state index is -2.96. The lowest BCUT2D eigenvalue weighted by Crippen LogP contribution is -2.25. The first-order valence-electron chi connectivity index (χ1n) is 10.8. The summed E-state index contributed by atoms with van der Waals surface area (Å²) < 4.78 is 34.7. The maximum absolute atomic E-state index is 12.7. The molecule has 1 amide bonds. The number of nitrogens with one attached hydrogen (secondary N) is 2. The number of ether oxygens (including phenoxy) is 2. The van der Waals surface area contributed by atoms with Gasteiger partial charge in [0.25, 0.3) is 5.91 Å². The molecular formula is C22H24F2N6O3S. The lowest BCUT2D eigenvalue weighted by Gasteiger charge is -2.28. The van der Waals surface area contributed by atoms with E-state index in [0.29, 0.717) is 21.7 Å². The maximum Gasteiger partial charge on any atom is 0.387 e. The van der Waals surface area contributed by atoms with Crippen LogP contribution in [0.4, 0.5) is 19.0 Å². The first-order chi connectivity index (χ1) is 16.5. The first kappa shape index (κ1) is 23.9. The first-order valence-corrected chi connectivity index (χ1v) is 11.6. The van der Waals surface area contributed by atoms with Crippen molar-refractivity contribution < 1.29 is 23.0 Å². The zero-order valence-electron chi connectivity index (χ0n) is 18.4. The third-order valence-electron chi connectivity index (χ3n) is 5.58. The molecule has 2 heterocycles. The second kappa shape index (κ2) is 11.3. The molecule has 0 spiro atoms. The number of amides is 1. The average molecular weight is 491 g/mol. The fourth-order valence-electron chi connectivity index (χ4n) is 3.99. The Balaban J connectivity index is 1.31. The van der Waals surface area contributed by atoms with Gasteiger partial charge in [-0.1, -0.05) is 23.5 Å². The molecule has 1 aliphatic carbocycles. The van der Waals surface area contributed by atoms with Gasteiger partial charge in [0.15, 0.2) is 6.10 Å². The van der Waals surface area contributed by atoms with E-state index in [1.165, 1.54) is 36.6 Å². The molecule has 1 aromatic carbocycles. The van der Waals surface area contributed by atoms with Crippen molar-refractivity contribution in [1.29, 1.82) is 0 Å². The van der Waals surface area contributed by atoms with Gasteiger partial charge in [0, 0.05) is 25.3 Å². The van der Waals surface area contributed by atoms with Gasteiger partial charge in [-0.15, -0.1) is 10.2 Å². The fourth-order valence-corrected chi connectivity index (χ4v) is 4.71. The van der Waals surface area contributed by atoms with Crippen LogP contribution in [0.15, 0.2) is 42.6 Å². The molecule has 34 heavy (non-hydrogen) atoms. The molecule has 2 aromatic heterocycles. The van der Waals surface area contributed by atoms with Crippen LogP contribution in [0.3, 0.4) is 0 Å². The van der Waals surface area contributed by atoms with Crippen LogP contribution in [-0.4, -0.2) is 46.1 Å². The molecule has 180 valence electrons. The topological polar surface area (TPSA) is 111 Å². The highest BCUT2D eigenvalue weighted by Gasteiger charge is 2.25. The second-order valence-electron chi connectivity index (χ2n) is 7.81. The van der Waals surface area contributed by atoms with E-state index in [1.807, 2.05) is 12.1 Å². The van der Waals surface area contributed by atoms with Crippen LogP contribution in [-0.2, 0) is 9.53 Å². The Morgan fingerprint density at radius 2 is 1.88 bits per heavy atom. The smallest absolute Gasteiger partial charge is 0.387 e. The standard InChI is InChI=1S/C22H24F2N6O3S/c1-32-18(14-4-2-5-16(12-14)33-20(23)24)19(31)27-22-30-29-21(34-22)26-15-9-7-13(8-10-15)17-6-3-11-25-28-17/h2-6,11-13,15,18,20H,7-10H2,1H3,(H,26,29)(H,27,30,31)/t13-,15-,18-/m0/s1. The number of aromatic nitrogens is 4. The Kier molecular flexibility index (Phi) is 7.91. The number of hydrogen-bond donors (Lipinski definition) is 2. The average Bonchev–Trinajstić information content (AvgIpc) is 3.27. The van der Waals surface area contributed by atoms with Gasteiger partial charge >= 0.3 is 6.61 Å². The predicted molar refractivity (Wildman–Crippen MR) is 122 cm³/mol. The molecule has 0 saturated heterocycles. The molecule has 0 aliphatic heterocycles. The van der Waals surface area contributed by atoms with E-state index in [0.717, 1.165) is 31.4 Å². The Morgan fingerprint density at radius 1 is 1.09 bits per heavy atom. The highest BCUT2D eigenvalue weighted by molar-refractivity contribution is 7.19. The number of carbonyl (C=O) groups excluding carboxylic acids is 1. The summed E-state index contributed by atoms with van der Waals surface area (Å²) in [6, 6.07) is 10.0. The summed E-state index contributed by atoms with van der Waals surface area (Å²) in [6.07, 6.45) is 4.58. The number of halogens is 2. The number of methoxy groups -OCH3 is 1. The summed E-state index contributed by atoms with van der Waals surface area (Å²) in [4.78, 5) is 12.7. The van der Waals surface area contributed by atoms with Gasteiger partial charge in [-0.2, -0.15) is 19.0 Å². The van der Waals surface area contributed by atoms with Crippen molar-refractivity contribution in [1.82, 2.24) is 20.4 Å². The van der Waals surface area contributed by atoms with Crippen molar-refractivity contribution >= 4 is 27.5 Å². The van der Waals surface area contributed by atoms with Crippen LogP contribution in [0.1, 0.15) is 49.0 Å². The molecule has 12 heteroatoms. The highest BCUT2D eigenvalue weighted by atomic mass is 32.1. The van der Waals surface area contributed by atoms with Gasteiger partial charge in [0.1, 0.15) is 5.75 Å². The van der Waals surface area contributed by atoms with E-state index in [1.54, 1.807) is 12.3 Å². The monoisotopic (exact) mass is 490 g/mol. The summed E-state index contributed by atoms with van der Waals surface area (Å²) in [7, 11) is 1.36. The van der Waals surface area contributed by atoms with Crippen LogP contribution in [0.25, 0.3) is 0 Å². The molecule has 1 saturated carbocycles. The van der Waals surface area contributed by atoms with Crippen LogP contribution in [0, 0.1) is 0 Å². The summed E-state index contributed by atoms with van der Waals surface area (Å²) >= 11 is 1.22. The Labute approximate surface area is 198 Å². The van der Waals surface area contributed by atoms with Crippen molar-refractivity contribution in [3.05, 3.63) is 53.9 Å². The van der Waals surface area contributed by atoms with E-state index < -0.39 is 18.6 Å². The lowest BCUT2D eigenvalue weighted by atomic mass is 9.84. The number of hydrogen-bond acceptors (Lipinski definition) is 9. The van der Waals surface area contributed by atoms with Crippen LogP contribution in [0.2, 0.25) is 0 Å². The second-order valence-corrected chi connectivity index (χ2v) is 8.79. The third kappa shape index (κ3) is 6.20. The predicted octanol–water partition coefficient (Wildman–Crippen LogP) is 4.39. The Bertz CT molecular complexity index is 1080. The molecule has 0 bridgehead atoms. The number of nitrogens with zero attached hydrogens (tertiary/aromatic N) is 4. The van der Waals surface area contributed by atoms with E-state index >= 15 is 0 Å². The molecule has 9 nitrogen and oxygen atoms in total. The zero-order chi connectivity index (χ0) is 23.9. The number of carbonyl (C=O) groups is 1. The number of anilines is 2. The minimum absolute atomic E-state index is 0.0567. The molecule has 1 atom stereocenters. The largest absolute Gasteiger partial charge is 0.435 e. The summed E-state index contributed by atoms with van der Waals surface area (Å²) in [5.74, 6) is -0.144. The fraction of sp³-hybridized carbons (Fsp3) is 0.409. The number of alkyl halides is 2. The van der Waals surface area contributed by atoms with E-state index in [-0.39, 0.29) is 11.8 Å². The van der Waals surface area contributed by atoms with Crippen LogP contribution >= 0.6 is 11.3 Å². The summed E-state index contributed by atoms with van der Waals surface area (Å²) in [5.41, 5.74) is 1.40. The molecule has 0 radical (unpaired) electrons. The van der Waals surface area contributed by atoms with Gasteiger partial charge in [-0.25, -0.2) is 0 Å². The number of rotatable bonds is 9. The van der Waals surface area contributed by atoms with E-state index in [4.69, 9.17) is 4.74 Å². The molecule has 1 aliphatic rings. The van der Waals surface area contributed by atoms with Crippen molar-refractivity contribution in [3.63, 3.8) is 0 Å². The molecule has 4 rings (SSSR count). The van der Waals surface area contributed by atoms with Crippen molar-refractivity contribution in [3.8, 4) is 5.75 Å². The van der Waals surface area contributed by atoms with Crippen molar-refractivity contribution in [2.75, 3.05) is 17.7 Å². The van der Waals surface area contributed by atoms with Gasteiger partial charge in [-0.05, 0) is 55.5 Å². The van der Waals surface area contributed by atoms with Crippen LogP contribution < -0.4 is 15.4 Å². The Morgan fingerprint density at radius 3 is 2.59 bits per heavy atom. The summed E-state index contributed by atoms with van der Waals surface area (Å²) in [6.45, 7) is -2.96. The third-order valence-corrected chi connectivity index (χ3v) is 6.35. The molecule has 3 aromatic rings. The summed E-state index contributed by atoms with van der Waals surface area (Å²) in [5, 5.41) is 23.3. The molecule has 1 fully saturated rings. The van der Waals surface area contributed by atoms with Crippen molar-refractivity contribution in [2.45, 2.75) is 50.4 Å².